The number of aliphatic hydroxyl groups is 2. The lowest BCUT2D eigenvalue weighted by atomic mass is 10.0. The van der Waals surface area contributed by atoms with Crippen LogP contribution in [0.3, 0.4) is 0 Å². The molecule has 44 heavy (non-hydrogen) atoms. The second-order valence-corrected chi connectivity index (χ2v) is 13.3. The number of hydrogen-bond acceptors (Lipinski definition) is 4. The SMILES string of the molecule is O=C(CCCCCCCCCCCCCCCCCO)NCCNC(=O)CCCCCCCCCCCCCCCCCO. The fourth-order valence-corrected chi connectivity index (χ4v) is 5.97. The summed E-state index contributed by atoms with van der Waals surface area (Å²) in [4.78, 5) is 24.1. The number of carbonyl (C=O) groups is 2. The molecule has 0 saturated carbocycles. The van der Waals surface area contributed by atoms with E-state index in [9.17, 15) is 9.59 Å². The van der Waals surface area contributed by atoms with E-state index in [2.05, 4.69) is 10.6 Å². The summed E-state index contributed by atoms with van der Waals surface area (Å²) in [5.41, 5.74) is 0. The van der Waals surface area contributed by atoms with Crippen molar-refractivity contribution in [3.8, 4) is 0 Å². The maximum absolute atomic E-state index is 12.0. The molecule has 0 aliphatic heterocycles. The summed E-state index contributed by atoms with van der Waals surface area (Å²) in [7, 11) is 0. The van der Waals surface area contributed by atoms with E-state index >= 15 is 0 Å². The Balaban J connectivity index is 3.25. The van der Waals surface area contributed by atoms with Crippen molar-refractivity contribution >= 4 is 11.8 Å². The third-order valence-electron chi connectivity index (χ3n) is 8.89. The molecule has 0 bridgehead atoms. The highest BCUT2D eigenvalue weighted by atomic mass is 16.3. The van der Waals surface area contributed by atoms with Crippen molar-refractivity contribution in [2.75, 3.05) is 26.3 Å². The van der Waals surface area contributed by atoms with Crippen LogP contribution < -0.4 is 10.6 Å². The third kappa shape index (κ3) is 37.0. The Bertz CT molecular complexity index is 537. The Labute approximate surface area is 273 Å². The summed E-state index contributed by atoms with van der Waals surface area (Å²) in [5, 5.41) is 23.5. The fourth-order valence-electron chi connectivity index (χ4n) is 5.97. The van der Waals surface area contributed by atoms with Gasteiger partial charge in [-0.3, -0.25) is 9.59 Å². The summed E-state index contributed by atoms with van der Waals surface area (Å²) in [5.74, 6) is 0.218. The van der Waals surface area contributed by atoms with Gasteiger partial charge in [0.2, 0.25) is 11.8 Å². The van der Waals surface area contributed by atoms with Crippen LogP contribution in [0.1, 0.15) is 205 Å². The van der Waals surface area contributed by atoms with Crippen LogP contribution in [-0.4, -0.2) is 48.3 Å². The van der Waals surface area contributed by atoms with E-state index in [0.717, 1.165) is 38.5 Å². The molecule has 0 atom stereocenters. The minimum atomic E-state index is 0.109. The largest absolute Gasteiger partial charge is 0.396 e. The number of carbonyl (C=O) groups excluding carboxylic acids is 2. The highest BCUT2D eigenvalue weighted by Crippen LogP contribution is 2.15. The molecule has 0 aromatic rings. The van der Waals surface area contributed by atoms with E-state index in [0.29, 0.717) is 39.1 Å². The zero-order valence-electron chi connectivity index (χ0n) is 29.2. The van der Waals surface area contributed by atoms with E-state index in [4.69, 9.17) is 10.2 Å². The summed E-state index contributed by atoms with van der Waals surface area (Å²) in [6.07, 6.45) is 38.9. The van der Waals surface area contributed by atoms with E-state index < -0.39 is 0 Å². The molecular weight excluding hydrogens is 548 g/mol. The van der Waals surface area contributed by atoms with Gasteiger partial charge < -0.3 is 20.8 Å². The average molecular weight is 625 g/mol. The Morgan fingerprint density at radius 2 is 0.477 bits per heavy atom. The van der Waals surface area contributed by atoms with Gasteiger partial charge in [0.1, 0.15) is 0 Å². The molecule has 2 amide bonds. The van der Waals surface area contributed by atoms with Gasteiger partial charge in [0.25, 0.3) is 0 Å². The molecule has 0 aromatic heterocycles. The van der Waals surface area contributed by atoms with Crippen molar-refractivity contribution in [2.24, 2.45) is 0 Å². The first-order chi connectivity index (χ1) is 21.7. The normalized spacial score (nSPS) is 11.2. The maximum Gasteiger partial charge on any atom is 0.220 e. The molecule has 0 rings (SSSR count). The van der Waals surface area contributed by atoms with Crippen LogP contribution in [0.25, 0.3) is 0 Å². The number of unbranched alkanes of at least 4 members (excludes halogenated alkanes) is 28. The van der Waals surface area contributed by atoms with Crippen LogP contribution in [-0.2, 0) is 9.59 Å². The molecule has 0 saturated heterocycles. The minimum Gasteiger partial charge on any atom is -0.396 e. The molecule has 0 aromatic carbocycles. The van der Waals surface area contributed by atoms with Crippen molar-refractivity contribution in [3.05, 3.63) is 0 Å². The van der Waals surface area contributed by atoms with Crippen molar-refractivity contribution in [1.82, 2.24) is 10.6 Å². The predicted octanol–water partition coefficient (Wildman–Crippen LogP) is 9.69. The van der Waals surface area contributed by atoms with Crippen LogP contribution in [0.2, 0.25) is 0 Å². The van der Waals surface area contributed by atoms with Gasteiger partial charge in [0.05, 0.1) is 0 Å². The first-order valence-corrected chi connectivity index (χ1v) is 19.5. The average Bonchev–Trinajstić information content (AvgIpc) is 3.02. The Kier molecular flexibility index (Phi) is 37.1. The molecule has 0 aliphatic carbocycles. The molecule has 262 valence electrons. The van der Waals surface area contributed by atoms with Gasteiger partial charge in [-0.1, -0.05) is 167 Å². The van der Waals surface area contributed by atoms with Gasteiger partial charge in [-0.2, -0.15) is 0 Å². The Hall–Kier alpha value is -1.14. The highest BCUT2D eigenvalue weighted by molar-refractivity contribution is 5.77. The lowest BCUT2D eigenvalue weighted by Crippen LogP contribution is -2.34. The summed E-state index contributed by atoms with van der Waals surface area (Å²) in [6.45, 7) is 1.74. The zero-order valence-corrected chi connectivity index (χ0v) is 29.2. The van der Waals surface area contributed by atoms with Crippen LogP contribution in [0.5, 0.6) is 0 Å². The second-order valence-electron chi connectivity index (χ2n) is 13.3. The topological polar surface area (TPSA) is 98.7 Å². The smallest absolute Gasteiger partial charge is 0.220 e. The number of nitrogens with one attached hydrogen (secondary N) is 2. The molecule has 0 radical (unpaired) electrons. The Morgan fingerprint density at radius 3 is 0.682 bits per heavy atom. The van der Waals surface area contributed by atoms with Crippen molar-refractivity contribution in [3.63, 3.8) is 0 Å². The fraction of sp³-hybridized carbons (Fsp3) is 0.947. The van der Waals surface area contributed by atoms with Gasteiger partial charge >= 0.3 is 0 Å². The lowest BCUT2D eigenvalue weighted by molar-refractivity contribution is -0.123. The molecule has 0 unspecified atom stereocenters. The van der Waals surface area contributed by atoms with Gasteiger partial charge in [0, 0.05) is 39.1 Å². The van der Waals surface area contributed by atoms with Crippen LogP contribution in [0, 0.1) is 0 Å². The first-order valence-electron chi connectivity index (χ1n) is 19.5. The molecule has 0 heterocycles. The predicted molar refractivity (Wildman–Crippen MR) is 188 cm³/mol. The molecule has 6 heteroatoms. The molecule has 0 spiro atoms. The maximum atomic E-state index is 12.0. The summed E-state index contributed by atoms with van der Waals surface area (Å²) >= 11 is 0. The second kappa shape index (κ2) is 38.0. The van der Waals surface area contributed by atoms with E-state index in [1.165, 1.54) is 154 Å². The van der Waals surface area contributed by atoms with Gasteiger partial charge in [0.15, 0.2) is 0 Å². The van der Waals surface area contributed by atoms with Gasteiger partial charge in [-0.05, 0) is 25.7 Å². The highest BCUT2D eigenvalue weighted by Gasteiger charge is 2.03. The van der Waals surface area contributed by atoms with Crippen molar-refractivity contribution < 1.29 is 19.8 Å². The Morgan fingerprint density at radius 1 is 0.295 bits per heavy atom. The number of amides is 2. The number of hydrogen-bond donors (Lipinski definition) is 4. The first kappa shape index (κ1) is 42.9. The van der Waals surface area contributed by atoms with Crippen molar-refractivity contribution in [1.29, 1.82) is 0 Å². The van der Waals surface area contributed by atoms with E-state index in [1.54, 1.807) is 0 Å². The van der Waals surface area contributed by atoms with Gasteiger partial charge in [-0.25, -0.2) is 0 Å². The number of rotatable bonds is 37. The zero-order chi connectivity index (χ0) is 32.0. The lowest BCUT2D eigenvalue weighted by Gasteiger charge is -2.07. The standard InChI is InChI=1S/C38H76N2O4/c41-35-29-25-21-17-13-9-5-1-3-7-11-15-19-23-27-31-37(43)39-33-34-40-38(44)32-28-24-20-16-12-8-4-2-6-10-14-18-22-26-30-36-42/h41-42H,1-36H2,(H,39,43)(H,40,44). The molecule has 0 aliphatic rings. The molecular formula is C38H76N2O4. The van der Waals surface area contributed by atoms with Gasteiger partial charge in [-0.15, -0.1) is 0 Å². The quantitative estimate of drug-likeness (QED) is 0.0517. The van der Waals surface area contributed by atoms with Crippen LogP contribution in [0.4, 0.5) is 0 Å². The van der Waals surface area contributed by atoms with Crippen LogP contribution in [0.15, 0.2) is 0 Å². The monoisotopic (exact) mass is 625 g/mol. The summed E-state index contributed by atoms with van der Waals surface area (Å²) in [6, 6.07) is 0. The summed E-state index contributed by atoms with van der Waals surface area (Å²) < 4.78 is 0. The molecule has 4 N–H and O–H groups in total. The van der Waals surface area contributed by atoms with Crippen LogP contribution >= 0.6 is 0 Å². The number of aliphatic hydroxyl groups excluding tert-OH is 2. The third-order valence-corrected chi connectivity index (χ3v) is 8.89. The minimum absolute atomic E-state index is 0.109. The van der Waals surface area contributed by atoms with E-state index in [-0.39, 0.29) is 11.8 Å². The molecule has 0 fully saturated rings. The van der Waals surface area contributed by atoms with Crippen molar-refractivity contribution in [2.45, 2.75) is 205 Å². The molecule has 6 nitrogen and oxygen atoms in total. The van der Waals surface area contributed by atoms with E-state index in [1.807, 2.05) is 0 Å².